The van der Waals surface area contributed by atoms with Crippen LogP contribution in [0.1, 0.15) is 32.3 Å². The third kappa shape index (κ3) is 5.10. The summed E-state index contributed by atoms with van der Waals surface area (Å²) in [5, 5.41) is 3.55. The van der Waals surface area contributed by atoms with Gasteiger partial charge in [0.05, 0.1) is 11.8 Å². The van der Waals surface area contributed by atoms with E-state index in [2.05, 4.69) is 45.5 Å². The lowest BCUT2D eigenvalue weighted by Gasteiger charge is -2.33. The number of hydrogen-bond donors (Lipinski definition) is 2. The zero-order chi connectivity index (χ0) is 17.6. The van der Waals surface area contributed by atoms with E-state index in [4.69, 9.17) is 10.5 Å². The minimum absolute atomic E-state index is 0.0566. The quantitative estimate of drug-likeness (QED) is 0.842. The fourth-order valence-corrected chi connectivity index (χ4v) is 3.22. The van der Waals surface area contributed by atoms with Gasteiger partial charge < -0.3 is 15.8 Å². The highest BCUT2D eigenvalue weighted by molar-refractivity contribution is 5.54. The van der Waals surface area contributed by atoms with E-state index in [1.54, 1.807) is 0 Å². The van der Waals surface area contributed by atoms with Gasteiger partial charge in [-0.3, -0.25) is 4.90 Å². The van der Waals surface area contributed by atoms with Crippen molar-refractivity contribution >= 4 is 11.5 Å². The molecule has 1 fully saturated rings. The van der Waals surface area contributed by atoms with Crippen LogP contribution in [0.2, 0.25) is 0 Å². The minimum atomic E-state index is 0.0566. The molecule has 0 saturated carbocycles. The smallest absolute Gasteiger partial charge is 0.239 e. The third-order valence-electron chi connectivity index (χ3n) is 4.34. The number of nitrogen functional groups attached to an aromatic ring is 1. The summed E-state index contributed by atoms with van der Waals surface area (Å²) in [7, 11) is 0. The molecule has 3 rings (SSSR count). The summed E-state index contributed by atoms with van der Waals surface area (Å²) < 4.78 is 5.69. The second-order valence-corrected chi connectivity index (χ2v) is 6.96. The number of nitrogens with one attached hydrogen (secondary N) is 1. The average Bonchev–Trinajstić information content (AvgIpc) is 2.59. The van der Waals surface area contributed by atoms with Crippen molar-refractivity contribution in [1.82, 2.24) is 9.88 Å². The van der Waals surface area contributed by atoms with E-state index in [1.807, 2.05) is 26.0 Å². The topological polar surface area (TPSA) is 63.4 Å². The number of benzene rings is 1. The minimum Gasteiger partial charge on any atom is -0.473 e. The molecule has 3 N–H and O–H groups in total. The number of hydrogen-bond acceptors (Lipinski definition) is 5. The fourth-order valence-electron chi connectivity index (χ4n) is 3.22. The molecular formula is C20H28N4O. The highest BCUT2D eigenvalue weighted by atomic mass is 16.5. The lowest BCUT2D eigenvalue weighted by atomic mass is 10.0. The van der Waals surface area contributed by atoms with Gasteiger partial charge in [0.25, 0.3) is 0 Å². The zero-order valence-corrected chi connectivity index (χ0v) is 15.1. The van der Waals surface area contributed by atoms with E-state index in [9.17, 15) is 0 Å². The summed E-state index contributed by atoms with van der Waals surface area (Å²) in [5.74, 6) is 1.34. The summed E-state index contributed by atoms with van der Waals surface area (Å²) in [5.41, 5.74) is 7.90. The first-order valence-corrected chi connectivity index (χ1v) is 9.06. The average molecular weight is 340 g/mol. The number of nitrogens with two attached hydrogens (primary N) is 1. The van der Waals surface area contributed by atoms with E-state index in [0.717, 1.165) is 31.9 Å². The number of aromatic nitrogens is 1. The first-order valence-electron chi connectivity index (χ1n) is 9.06. The molecular weight excluding hydrogens is 312 g/mol. The first kappa shape index (κ1) is 17.5. The van der Waals surface area contributed by atoms with Crippen molar-refractivity contribution in [3.8, 4) is 5.88 Å². The number of piperidine rings is 1. The van der Waals surface area contributed by atoms with Gasteiger partial charge in [-0.2, -0.15) is 4.98 Å². The monoisotopic (exact) mass is 340 g/mol. The Labute approximate surface area is 150 Å². The highest BCUT2D eigenvalue weighted by Crippen LogP contribution is 2.24. The molecule has 1 saturated heterocycles. The number of ether oxygens (including phenoxy) is 1. The zero-order valence-electron chi connectivity index (χ0n) is 15.1. The first-order chi connectivity index (χ1) is 12.1. The van der Waals surface area contributed by atoms with Gasteiger partial charge in [0.15, 0.2) is 0 Å². The molecule has 1 aliphatic heterocycles. The molecule has 1 aliphatic rings. The van der Waals surface area contributed by atoms with Gasteiger partial charge in [0.1, 0.15) is 5.82 Å². The Kier molecular flexibility index (Phi) is 5.76. The highest BCUT2D eigenvalue weighted by Gasteiger charge is 2.20. The molecule has 2 aromatic rings. The lowest BCUT2D eigenvalue weighted by Crippen LogP contribution is -2.41. The third-order valence-corrected chi connectivity index (χ3v) is 4.34. The Morgan fingerprint density at radius 2 is 2.04 bits per heavy atom. The number of pyridine rings is 1. The maximum atomic E-state index is 5.96. The molecule has 134 valence electrons. The summed E-state index contributed by atoms with van der Waals surface area (Å²) >= 11 is 0. The van der Waals surface area contributed by atoms with E-state index in [0.29, 0.717) is 17.6 Å². The van der Waals surface area contributed by atoms with Crippen LogP contribution in [0.25, 0.3) is 0 Å². The van der Waals surface area contributed by atoms with Crippen LogP contribution in [0.3, 0.4) is 0 Å². The Bertz CT molecular complexity index is 675. The van der Waals surface area contributed by atoms with E-state index in [-0.39, 0.29) is 6.10 Å². The second kappa shape index (κ2) is 8.21. The molecule has 1 aromatic carbocycles. The van der Waals surface area contributed by atoms with Crippen molar-refractivity contribution in [2.45, 2.75) is 45.4 Å². The lowest BCUT2D eigenvalue weighted by molar-refractivity contribution is 0.208. The molecule has 2 heterocycles. The molecule has 0 radical (unpaired) electrons. The van der Waals surface area contributed by atoms with Crippen LogP contribution in [-0.4, -0.2) is 35.1 Å². The Morgan fingerprint density at radius 1 is 1.24 bits per heavy atom. The van der Waals surface area contributed by atoms with Crippen LogP contribution >= 0.6 is 0 Å². The molecule has 0 spiro atoms. The number of rotatable bonds is 6. The van der Waals surface area contributed by atoms with Crippen molar-refractivity contribution in [2.75, 3.05) is 24.1 Å². The standard InChI is InChI=1S/C20H28N4O/c1-15(2)25-20-18(21)10-11-19(23-20)22-17-9-6-12-24(14-17)13-16-7-4-3-5-8-16/h3-5,7-8,10-11,15,17H,6,9,12-14,21H2,1-2H3,(H,22,23). The van der Waals surface area contributed by atoms with Gasteiger partial charge in [-0.15, -0.1) is 0 Å². The predicted molar refractivity (Wildman–Crippen MR) is 103 cm³/mol. The van der Waals surface area contributed by atoms with E-state index in [1.165, 1.54) is 12.0 Å². The van der Waals surface area contributed by atoms with Crippen LogP contribution in [-0.2, 0) is 6.54 Å². The van der Waals surface area contributed by atoms with Crippen molar-refractivity contribution in [1.29, 1.82) is 0 Å². The molecule has 1 aromatic heterocycles. The summed E-state index contributed by atoms with van der Waals surface area (Å²) in [6.45, 7) is 7.11. The number of nitrogens with zero attached hydrogens (tertiary/aromatic N) is 2. The molecule has 5 nitrogen and oxygen atoms in total. The summed E-state index contributed by atoms with van der Waals surface area (Å²) in [6.07, 6.45) is 2.40. The maximum Gasteiger partial charge on any atom is 0.239 e. The molecule has 0 aliphatic carbocycles. The van der Waals surface area contributed by atoms with Gasteiger partial charge in [-0.1, -0.05) is 30.3 Å². The fraction of sp³-hybridized carbons (Fsp3) is 0.450. The van der Waals surface area contributed by atoms with E-state index >= 15 is 0 Å². The molecule has 1 atom stereocenters. The molecule has 5 heteroatoms. The largest absolute Gasteiger partial charge is 0.473 e. The SMILES string of the molecule is CC(C)Oc1nc(NC2CCCN(Cc3ccccc3)C2)ccc1N. The van der Waals surface area contributed by atoms with Gasteiger partial charge in [0.2, 0.25) is 5.88 Å². The van der Waals surface area contributed by atoms with Crippen LogP contribution in [0.4, 0.5) is 11.5 Å². The molecule has 25 heavy (non-hydrogen) atoms. The van der Waals surface area contributed by atoms with E-state index < -0.39 is 0 Å². The van der Waals surface area contributed by atoms with Crippen LogP contribution in [0.5, 0.6) is 5.88 Å². The normalized spacial score (nSPS) is 18.3. The number of likely N-dealkylation sites (tertiary alicyclic amines) is 1. The summed E-state index contributed by atoms with van der Waals surface area (Å²) in [6, 6.07) is 14.8. The Balaban J connectivity index is 1.60. The van der Waals surface area contributed by atoms with Crippen LogP contribution in [0.15, 0.2) is 42.5 Å². The Hall–Kier alpha value is -2.27. The van der Waals surface area contributed by atoms with Gasteiger partial charge in [-0.05, 0) is 50.9 Å². The molecule has 1 unspecified atom stereocenters. The van der Waals surface area contributed by atoms with Crippen molar-refractivity contribution < 1.29 is 4.74 Å². The summed E-state index contributed by atoms with van der Waals surface area (Å²) in [4.78, 5) is 7.04. The predicted octanol–water partition coefficient (Wildman–Crippen LogP) is 3.53. The van der Waals surface area contributed by atoms with Crippen molar-refractivity contribution in [2.24, 2.45) is 0 Å². The van der Waals surface area contributed by atoms with Gasteiger partial charge in [0, 0.05) is 19.1 Å². The van der Waals surface area contributed by atoms with Gasteiger partial charge >= 0.3 is 0 Å². The Morgan fingerprint density at radius 3 is 2.80 bits per heavy atom. The second-order valence-electron chi connectivity index (χ2n) is 6.96. The maximum absolute atomic E-state index is 5.96. The molecule has 0 amide bonds. The van der Waals surface area contributed by atoms with Crippen molar-refractivity contribution in [3.63, 3.8) is 0 Å². The van der Waals surface area contributed by atoms with Crippen molar-refractivity contribution in [3.05, 3.63) is 48.0 Å². The van der Waals surface area contributed by atoms with Gasteiger partial charge in [-0.25, -0.2) is 0 Å². The molecule has 0 bridgehead atoms. The van der Waals surface area contributed by atoms with Crippen LogP contribution < -0.4 is 15.8 Å². The number of anilines is 2. The van der Waals surface area contributed by atoms with Crippen LogP contribution in [0, 0.1) is 0 Å².